The molecule has 1 aliphatic rings. The van der Waals surface area contributed by atoms with Crippen LogP contribution in [0, 0.1) is 0 Å². The first-order valence-electron chi connectivity index (χ1n) is 6.42. The first-order valence-corrected chi connectivity index (χ1v) is 6.42. The Hall–Kier alpha value is -2.01. The second kappa shape index (κ2) is 4.93. The summed E-state index contributed by atoms with van der Waals surface area (Å²) >= 11 is 0. The van der Waals surface area contributed by atoms with E-state index in [1.165, 1.54) is 0 Å². The van der Waals surface area contributed by atoms with Crippen LogP contribution in [0.5, 0.6) is 0 Å². The molecule has 0 bridgehead atoms. The Labute approximate surface area is 110 Å². The van der Waals surface area contributed by atoms with Crippen LogP contribution >= 0.6 is 0 Å². The largest absolute Gasteiger partial charge is 0.395 e. The van der Waals surface area contributed by atoms with E-state index < -0.39 is 0 Å². The number of aromatic nitrogens is 2. The van der Waals surface area contributed by atoms with Gasteiger partial charge in [-0.2, -0.15) is 0 Å². The van der Waals surface area contributed by atoms with E-state index in [4.69, 9.17) is 5.11 Å². The zero-order valence-electron chi connectivity index (χ0n) is 10.5. The lowest BCUT2D eigenvalue weighted by Gasteiger charge is -2.21. The van der Waals surface area contributed by atoms with Gasteiger partial charge in [0.1, 0.15) is 0 Å². The van der Waals surface area contributed by atoms with E-state index in [0.29, 0.717) is 17.6 Å². The number of carbonyl (C=O) groups is 1. The molecule has 0 radical (unpaired) electrons. The van der Waals surface area contributed by atoms with Crippen molar-refractivity contribution in [3.63, 3.8) is 0 Å². The van der Waals surface area contributed by atoms with Gasteiger partial charge in [0.2, 0.25) is 0 Å². The van der Waals surface area contributed by atoms with Crippen molar-refractivity contribution in [3.05, 3.63) is 36.2 Å². The number of hydrogen-bond acceptors (Lipinski definition) is 4. The minimum absolute atomic E-state index is 0.00434. The number of amides is 1. The van der Waals surface area contributed by atoms with Gasteiger partial charge in [-0.3, -0.25) is 14.8 Å². The standard InChI is InChI=1S/C14H15N3O2/c18-8-7-17(11-2-3-11)14(19)10-1-4-12-13(9-10)16-6-5-15-12/h1,4-6,9,11,18H,2-3,7-8H2. The molecule has 0 aliphatic heterocycles. The first kappa shape index (κ1) is 12.0. The monoisotopic (exact) mass is 257 g/mol. The van der Waals surface area contributed by atoms with E-state index in [9.17, 15) is 4.79 Å². The van der Waals surface area contributed by atoms with E-state index in [1.54, 1.807) is 35.5 Å². The average Bonchev–Trinajstić information content (AvgIpc) is 3.28. The number of carbonyl (C=O) groups excluding carboxylic acids is 1. The molecule has 3 rings (SSSR count). The van der Waals surface area contributed by atoms with Crippen LogP contribution in [0.2, 0.25) is 0 Å². The van der Waals surface area contributed by atoms with Crippen LogP contribution in [0.15, 0.2) is 30.6 Å². The zero-order chi connectivity index (χ0) is 13.2. The second-order valence-corrected chi connectivity index (χ2v) is 4.71. The molecule has 19 heavy (non-hydrogen) atoms. The van der Waals surface area contributed by atoms with E-state index >= 15 is 0 Å². The number of benzene rings is 1. The van der Waals surface area contributed by atoms with Gasteiger partial charge in [-0.05, 0) is 31.0 Å². The molecule has 1 amide bonds. The predicted octanol–water partition coefficient (Wildman–Crippen LogP) is 1.23. The lowest BCUT2D eigenvalue weighted by atomic mass is 10.1. The van der Waals surface area contributed by atoms with Crippen LogP contribution in [-0.2, 0) is 0 Å². The molecule has 0 unspecified atom stereocenters. The maximum atomic E-state index is 12.4. The number of fused-ring (bicyclic) bond motifs is 1. The molecule has 98 valence electrons. The third-order valence-corrected chi connectivity index (χ3v) is 3.31. The van der Waals surface area contributed by atoms with Gasteiger partial charge in [-0.15, -0.1) is 0 Å². The molecular formula is C14H15N3O2. The van der Waals surface area contributed by atoms with Gasteiger partial charge in [-0.1, -0.05) is 0 Å². The fourth-order valence-electron chi connectivity index (χ4n) is 2.21. The van der Waals surface area contributed by atoms with E-state index in [-0.39, 0.29) is 18.6 Å². The maximum Gasteiger partial charge on any atom is 0.254 e. The lowest BCUT2D eigenvalue weighted by molar-refractivity contribution is 0.0708. The number of aliphatic hydroxyl groups is 1. The Morgan fingerprint density at radius 3 is 2.68 bits per heavy atom. The van der Waals surface area contributed by atoms with Crippen molar-refractivity contribution < 1.29 is 9.90 Å². The van der Waals surface area contributed by atoms with Crippen molar-refractivity contribution in [1.29, 1.82) is 0 Å². The molecule has 0 atom stereocenters. The summed E-state index contributed by atoms with van der Waals surface area (Å²) in [6, 6.07) is 5.63. The predicted molar refractivity (Wildman–Crippen MR) is 70.7 cm³/mol. The maximum absolute atomic E-state index is 12.4. The molecule has 1 heterocycles. The Morgan fingerprint density at radius 1 is 1.26 bits per heavy atom. The highest BCUT2D eigenvalue weighted by molar-refractivity contribution is 5.97. The van der Waals surface area contributed by atoms with Crippen LogP contribution in [0.3, 0.4) is 0 Å². The van der Waals surface area contributed by atoms with Crippen LogP contribution in [-0.4, -0.2) is 45.1 Å². The van der Waals surface area contributed by atoms with Crippen molar-refractivity contribution in [2.24, 2.45) is 0 Å². The van der Waals surface area contributed by atoms with Crippen LogP contribution < -0.4 is 0 Å². The summed E-state index contributed by atoms with van der Waals surface area (Å²) in [5.41, 5.74) is 2.10. The molecule has 5 heteroatoms. The third-order valence-electron chi connectivity index (χ3n) is 3.31. The van der Waals surface area contributed by atoms with Crippen molar-refractivity contribution in [3.8, 4) is 0 Å². The summed E-state index contributed by atoms with van der Waals surface area (Å²) in [4.78, 5) is 22.6. The van der Waals surface area contributed by atoms with Gasteiger partial charge in [0.05, 0.1) is 17.6 Å². The van der Waals surface area contributed by atoms with Gasteiger partial charge in [0, 0.05) is 30.5 Å². The van der Waals surface area contributed by atoms with E-state index in [0.717, 1.165) is 18.4 Å². The number of aliphatic hydroxyl groups excluding tert-OH is 1. The molecule has 2 aromatic rings. The molecule has 5 nitrogen and oxygen atoms in total. The third kappa shape index (κ3) is 2.42. The number of rotatable bonds is 4. The topological polar surface area (TPSA) is 66.3 Å². The van der Waals surface area contributed by atoms with Crippen LogP contribution in [0.4, 0.5) is 0 Å². The lowest BCUT2D eigenvalue weighted by Crippen LogP contribution is -2.35. The summed E-state index contributed by atoms with van der Waals surface area (Å²) in [7, 11) is 0. The van der Waals surface area contributed by atoms with Gasteiger partial charge in [0.15, 0.2) is 0 Å². The Balaban J connectivity index is 1.91. The van der Waals surface area contributed by atoms with Crippen LogP contribution in [0.1, 0.15) is 23.2 Å². The highest BCUT2D eigenvalue weighted by atomic mass is 16.3. The van der Waals surface area contributed by atoms with Crippen LogP contribution in [0.25, 0.3) is 11.0 Å². The minimum atomic E-state index is -0.0379. The second-order valence-electron chi connectivity index (χ2n) is 4.71. The molecular weight excluding hydrogens is 242 g/mol. The summed E-state index contributed by atoms with van der Waals surface area (Å²) in [6.45, 7) is 0.387. The Morgan fingerprint density at radius 2 is 2.00 bits per heavy atom. The summed E-state index contributed by atoms with van der Waals surface area (Å²) in [6.07, 6.45) is 5.30. The molecule has 1 aliphatic carbocycles. The van der Waals surface area contributed by atoms with E-state index in [1.807, 2.05) is 0 Å². The van der Waals surface area contributed by atoms with Crippen molar-refractivity contribution in [1.82, 2.24) is 14.9 Å². The Bertz CT molecular complexity index is 610. The van der Waals surface area contributed by atoms with Crippen molar-refractivity contribution in [2.75, 3.05) is 13.2 Å². The van der Waals surface area contributed by atoms with Crippen molar-refractivity contribution >= 4 is 16.9 Å². The molecule has 1 fully saturated rings. The highest BCUT2D eigenvalue weighted by Crippen LogP contribution is 2.28. The minimum Gasteiger partial charge on any atom is -0.395 e. The normalized spacial score (nSPS) is 14.6. The quantitative estimate of drug-likeness (QED) is 0.894. The summed E-state index contributed by atoms with van der Waals surface area (Å²) in [5, 5.41) is 9.06. The summed E-state index contributed by atoms with van der Waals surface area (Å²) in [5.74, 6) is -0.0379. The molecule has 0 saturated heterocycles. The van der Waals surface area contributed by atoms with Gasteiger partial charge >= 0.3 is 0 Å². The zero-order valence-corrected chi connectivity index (χ0v) is 10.5. The first-order chi connectivity index (χ1) is 9.29. The molecule has 1 aromatic heterocycles. The van der Waals surface area contributed by atoms with Gasteiger partial charge in [0.25, 0.3) is 5.91 Å². The fraction of sp³-hybridized carbons (Fsp3) is 0.357. The highest BCUT2D eigenvalue weighted by Gasteiger charge is 2.32. The number of nitrogens with zero attached hydrogens (tertiary/aromatic N) is 3. The molecule has 0 spiro atoms. The molecule has 1 N–H and O–H groups in total. The Kier molecular flexibility index (Phi) is 3.13. The van der Waals surface area contributed by atoms with E-state index in [2.05, 4.69) is 9.97 Å². The smallest absolute Gasteiger partial charge is 0.254 e. The van der Waals surface area contributed by atoms with Crippen molar-refractivity contribution in [2.45, 2.75) is 18.9 Å². The number of hydrogen-bond donors (Lipinski definition) is 1. The fourth-order valence-corrected chi connectivity index (χ4v) is 2.21. The molecule has 1 saturated carbocycles. The van der Waals surface area contributed by atoms with Gasteiger partial charge < -0.3 is 10.0 Å². The van der Waals surface area contributed by atoms with Gasteiger partial charge in [-0.25, -0.2) is 0 Å². The molecule has 1 aromatic carbocycles. The SMILES string of the molecule is O=C(c1ccc2nccnc2c1)N(CCO)C1CC1. The average molecular weight is 257 g/mol. The summed E-state index contributed by atoms with van der Waals surface area (Å²) < 4.78 is 0.